The zero-order valence-electron chi connectivity index (χ0n) is 19.7. The molecule has 0 bridgehead atoms. The highest BCUT2D eigenvalue weighted by Crippen LogP contribution is 2.32. The van der Waals surface area contributed by atoms with E-state index in [1.54, 1.807) is 11.8 Å². The van der Waals surface area contributed by atoms with Crippen LogP contribution in [-0.4, -0.2) is 71.0 Å². The van der Waals surface area contributed by atoms with Gasteiger partial charge in [0, 0.05) is 34.2 Å². The number of esters is 4. The molecule has 1 aromatic carbocycles. The average molecular weight is 496 g/mol. The molecule has 1 saturated heterocycles. The normalized spacial score (nSPS) is 23.9. The van der Waals surface area contributed by atoms with Crippen molar-refractivity contribution in [1.29, 1.82) is 0 Å². The van der Waals surface area contributed by atoms with Crippen LogP contribution in [0.4, 0.5) is 0 Å². The zero-order valence-corrected chi connectivity index (χ0v) is 20.5. The lowest BCUT2D eigenvalue weighted by atomic mass is 9.96. The molecule has 0 N–H and O–H groups in total. The number of ether oxygens (including phenoxy) is 5. The quantitative estimate of drug-likeness (QED) is 0.299. The van der Waals surface area contributed by atoms with Gasteiger partial charge in [0.1, 0.15) is 12.7 Å². The average Bonchev–Trinajstić information content (AvgIpc) is 2.73. The summed E-state index contributed by atoms with van der Waals surface area (Å²) in [6, 6.07) is 9.36. The van der Waals surface area contributed by atoms with Gasteiger partial charge in [0.25, 0.3) is 0 Å². The number of carbonyl (C=O) groups excluding carboxylic acids is 4. The summed E-state index contributed by atoms with van der Waals surface area (Å²) < 4.78 is 27.7. The highest BCUT2D eigenvalue weighted by Gasteiger charge is 2.54. The van der Waals surface area contributed by atoms with E-state index in [-0.39, 0.29) is 13.2 Å². The Morgan fingerprint density at radius 3 is 1.85 bits per heavy atom. The van der Waals surface area contributed by atoms with E-state index < -0.39 is 54.5 Å². The minimum Gasteiger partial charge on any atom is -0.463 e. The second kappa shape index (κ2) is 12.4. The second-order valence-corrected chi connectivity index (χ2v) is 8.31. The molecule has 5 atom stereocenters. The Kier molecular flexibility index (Phi) is 9.94. The van der Waals surface area contributed by atoms with Gasteiger partial charge in [-0.25, -0.2) is 0 Å². The van der Waals surface area contributed by atoms with E-state index in [9.17, 15) is 19.2 Å². The molecule has 0 amide bonds. The van der Waals surface area contributed by atoms with E-state index >= 15 is 0 Å². The van der Waals surface area contributed by atoms with Gasteiger partial charge in [0.05, 0.1) is 4.99 Å². The lowest BCUT2D eigenvalue weighted by Crippen LogP contribution is -2.66. The van der Waals surface area contributed by atoms with Crippen LogP contribution in [0, 0.1) is 0 Å². The van der Waals surface area contributed by atoms with Crippen LogP contribution in [0.1, 0.15) is 40.2 Å². The summed E-state index contributed by atoms with van der Waals surface area (Å²) in [5, 5.41) is 0. The lowest BCUT2D eigenvalue weighted by Gasteiger charge is -2.48. The molecule has 1 heterocycles. The molecule has 34 heavy (non-hydrogen) atoms. The minimum absolute atomic E-state index is 0.282. The van der Waals surface area contributed by atoms with Crippen molar-refractivity contribution in [2.75, 3.05) is 6.61 Å². The smallest absolute Gasteiger partial charge is 0.303 e. The highest BCUT2D eigenvalue weighted by atomic mass is 32.1. The fourth-order valence-corrected chi connectivity index (χ4v) is 3.79. The van der Waals surface area contributed by atoms with E-state index in [0.717, 1.165) is 5.56 Å². The third-order valence-corrected chi connectivity index (χ3v) is 5.11. The zero-order chi connectivity index (χ0) is 25.4. The maximum absolute atomic E-state index is 12.0. The van der Waals surface area contributed by atoms with Gasteiger partial charge < -0.3 is 28.6 Å². The van der Waals surface area contributed by atoms with Gasteiger partial charge in [-0.1, -0.05) is 42.5 Å². The Morgan fingerprint density at radius 2 is 1.35 bits per heavy atom. The van der Waals surface area contributed by atoms with Crippen LogP contribution < -0.4 is 0 Å². The molecular formula is C23H29NO9S. The molecule has 0 saturated carbocycles. The van der Waals surface area contributed by atoms with Crippen LogP contribution in [-0.2, 0) is 49.4 Å². The summed E-state index contributed by atoms with van der Waals surface area (Å²) in [6.45, 7) is 6.41. The van der Waals surface area contributed by atoms with Crippen molar-refractivity contribution in [2.45, 2.75) is 71.8 Å². The first kappa shape index (κ1) is 27.2. The molecule has 1 fully saturated rings. The number of nitrogens with zero attached hydrogens (tertiary/aromatic N) is 1. The maximum Gasteiger partial charge on any atom is 0.303 e. The Morgan fingerprint density at radius 1 is 0.824 bits per heavy atom. The monoisotopic (exact) mass is 495 g/mol. The standard InChI is InChI=1S/C23H29NO9S/c1-13(34)24(11-18-9-7-6-8-10-18)23-22(32-17(5)28)21(31-16(4)27)20(30-15(3)26)19(33-23)12-29-14(2)25/h6-10,19-23H,11-12H2,1-5H3/t19-,20-,21+,22-,23-/m1/s1. The van der Waals surface area contributed by atoms with E-state index in [2.05, 4.69) is 0 Å². The molecule has 1 aromatic rings. The first-order valence-electron chi connectivity index (χ1n) is 10.6. The van der Waals surface area contributed by atoms with E-state index in [0.29, 0.717) is 4.99 Å². The Bertz CT molecular complexity index is 907. The van der Waals surface area contributed by atoms with Gasteiger partial charge in [-0.3, -0.25) is 19.2 Å². The van der Waals surface area contributed by atoms with Gasteiger partial charge in [0.15, 0.2) is 24.5 Å². The van der Waals surface area contributed by atoms with Crippen LogP contribution >= 0.6 is 12.2 Å². The first-order valence-corrected chi connectivity index (χ1v) is 11.0. The Hall–Kier alpha value is -3.05. The van der Waals surface area contributed by atoms with Crippen molar-refractivity contribution in [3.8, 4) is 0 Å². The molecule has 0 radical (unpaired) electrons. The number of hydrogen-bond donors (Lipinski definition) is 0. The van der Waals surface area contributed by atoms with Crippen LogP contribution in [0.3, 0.4) is 0 Å². The van der Waals surface area contributed by atoms with Crippen LogP contribution in [0.15, 0.2) is 30.3 Å². The second-order valence-electron chi connectivity index (χ2n) is 7.72. The Labute approximate surface area is 203 Å². The van der Waals surface area contributed by atoms with Gasteiger partial charge >= 0.3 is 23.9 Å². The third kappa shape index (κ3) is 7.77. The molecule has 0 aromatic heterocycles. The van der Waals surface area contributed by atoms with Crippen molar-refractivity contribution in [2.24, 2.45) is 0 Å². The van der Waals surface area contributed by atoms with Crippen molar-refractivity contribution >= 4 is 41.1 Å². The van der Waals surface area contributed by atoms with Crippen molar-refractivity contribution < 1.29 is 42.9 Å². The van der Waals surface area contributed by atoms with E-state index in [4.69, 9.17) is 35.9 Å². The number of benzene rings is 1. The van der Waals surface area contributed by atoms with Crippen molar-refractivity contribution in [3.05, 3.63) is 35.9 Å². The molecule has 2 rings (SSSR count). The molecule has 1 aliphatic rings. The minimum atomic E-state index is -1.25. The number of carbonyl (C=O) groups is 4. The van der Waals surface area contributed by atoms with Crippen LogP contribution in [0.2, 0.25) is 0 Å². The van der Waals surface area contributed by atoms with Crippen LogP contribution in [0.25, 0.3) is 0 Å². The fourth-order valence-electron chi connectivity index (χ4n) is 3.62. The lowest BCUT2D eigenvalue weighted by molar-refractivity contribution is -0.271. The predicted molar refractivity (Wildman–Crippen MR) is 122 cm³/mol. The molecule has 0 spiro atoms. The topological polar surface area (TPSA) is 118 Å². The molecule has 0 aliphatic carbocycles. The van der Waals surface area contributed by atoms with Crippen LogP contribution in [0.5, 0.6) is 0 Å². The molecule has 10 nitrogen and oxygen atoms in total. The van der Waals surface area contributed by atoms with Crippen molar-refractivity contribution in [1.82, 2.24) is 4.90 Å². The summed E-state index contributed by atoms with van der Waals surface area (Å²) in [4.78, 5) is 49.4. The summed E-state index contributed by atoms with van der Waals surface area (Å²) in [5.41, 5.74) is 0.888. The number of rotatable bonds is 8. The summed E-state index contributed by atoms with van der Waals surface area (Å²) >= 11 is 5.46. The van der Waals surface area contributed by atoms with E-state index in [1.165, 1.54) is 27.7 Å². The van der Waals surface area contributed by atoms with Crippen molar-refractivity contribution in [3.63, 3.8) is 0 Å². The summed E-state index contributed by atoms with van der Waals surface area (Å²) in [7, 11) is 0. The maximum atomic E-state index is 12.0. The molecule has 0 unspecified atom stereocenters. The van der Waals surface area contributed by atoms with E-state index in [1.807, 2.05) is 30.3 Å². The first-order chi connectivity index (χ1) is 16.0. The summed E-state index contributed by atoms with van der Waals surface area (Å²) in [5.74, 6) is -2.64. The van der Waals surface area contributed by atoms with Gasteiger partial charge in [-0.2, -0.15) is 0 Å². The molecule has 186 valence electrons. The number of hydrogen-bond acceptors (Lipinski definition) is 10. The van der Waals surface area contributed by atoms with Gasteiger partial charge in [-0.05, 0) is 12.5 Å². The molecular weight excluding hydrogens is 466 g/mol. The summed E-state index contributed by atoms with van der Waals surface area (Å²) in [6.07, 6.45) is -5.76. The SMILES string of the molecule is CC(=O)OC[C@H]1O[C@@H](N(Cc2ccccc2)C(C)=S)[C@H](OC(C)=O)[C@@H](OC(C)=O)[C@@H]1OC(C)=O. The third-order valence-electron chi connectivity index (χ3n) is 4.87. The molecule has 1 aliphatic heterocycles. The Balaban J connectivity index is 2.55. The number of thiocarbonyl (C=S) groups is 1. The largest absolute Gasteiger partial charge is 0.463 e. The predicted octanol–water partition coefficient (Wildman–Crippen LogP) is 1.92. The van der Waals surface area contributed by atoms with Gasteiger partial charge in [0.2, 0.25) is 0 Å². The fraction of sp³-hybridized carbons (Fsp3) is 0.522. The highest BCUT2D eigenvalue weighted by molar-refractivity contribution is 7.80. The molecule has 11 heteroatoms. The van der Waals surface area contributed by atoms with Gasteiger partial charge in [-0.15, -0.1) is 0 Å².